The molecule has 0 atom stereocenters. The van der Waals surface area contributed by atoms with Crippen molar-refractivity contribution >= 4 is 29.8 Å². The van der Waals surface area contributed by atoms with Crippen LogP contribution in [0.5, 0.6) is 0 Å². The summed E-state index contributed by atoms with van der Waals surface area (Å²) in [5.41, 5.74) is -1.06. The summed E-state index contributed by atoms with van der Waals surface area (Å²) in [6.45, 7) is 13.3. The molecule has 17 heteroatoms. The molecule has 0 aliphatic heterocycles. The normalized spacial score (nSPS) is 8.54. The molecule has 0 radical (unpaired) electrons. The molecule has 10 nitrogen and oxygen atoms in total. The third-order valence-electron chi connectivity index (χ3n) is 2.61. The van der Waals surface area contributed by atoms with Crippen LogP contribution in [0.2, 0.25) is 0 Å². The van der Waals surface area contributed by atoms with E-state index in [-0.39, 0.29) is 5.97 Å². The van der Waals surface area contributed by atoms with E-state index >= 15 is 0 Å². The number of halogens is 7. The van der Waals surface area contributed by atoms with Gasteiger partial charge in [0, 0.05) is 11.6 Å². The highest BCUT2D eigenvalue weighted by atomic mass is 19.4. The van der Waals surface area contributed by atoms with Gasteiger partial charge in [0.2, 0.25) is 5.83 Å². The average molecular weight is 584 g/mol. The molecule has 0 aliphatic rings. The molecule has 0 heterocycles. The van der Waals surface area contributed by atoms with Crippen molar-refractivity contribution in [2.24, 2.45) is 0 Å². The zero-order valence-electron chi connectivity index (χ0n) is 21.6. The fraction of sp³-hybridized carbons (Fsp3) is 0.318. The topological polar surface area (TPSA) is 132 Å². The Bertz CT molecular complexity index is 877. The predicted octanol–water partition coefficient (Wildman–Crippen LogP) is 4.24. The van der Waals surface area contributed by atoms with E-state index in [1.807, 2.05) is 0 Å². The van der Waals surface area contributed by atoms with Gasteiger partial charge in [-0.3, -0.25) is 0 Å². The number of methoxy groups -OCH3 is 5. The summed E-state index contributed by atoms with van der Waals surface area (Å²) in [6.07, 6.45) is -6.24. The van der Waals surface area contributed by atoms with Crippen molar-refractivity contribution in [2.45, 2.75) is 13.1 Å². The van der Waals surface area contributed by atoms with E-state index in [1.54, 1.807) is 6.92 Å². The van der Waals surface area contributed by atoms with Gasteiger partial charge in [-0.2, -0.15) is 30.7 Å². The standard InChI is InChI=1S/C5H5F3O2.C5H8O2.C4H3F3O2.C4H5FO2.C4H6O2/c1-3(4(9)10-2)5(6,7)8;1-4(2)5(6)7-3;1-9-4(8)2(5)3(6)7;1-3(5)4(6)7-2;1-3-4(5)6-2/h1H2,2H3;1H2,2-3H3;1H3;1H2,2H3;3H,1H2,2H3. The van der Waals surface area contributed by atoms with Crippen LogP contribution >= 0.6 is 0 Å². The minimum Gasteiger partial charge on any atom is -0.466 e. The number of hydrogen-bond donors (Lipinski definition) is 0. The van der Waals surface area contributed by atoms with Crippen LogP contribution in [-0.2, 0) is 47.7 Å². The minimum absolute atomic E-state index is 0.347. The number of rotatable bonds is 5. The smallest absolute Gasteiger partial charge is 0.422 e. The summed E-state index contributed by atoms with van der Waals surface area (Å²) in [4.78, 5) is 49.8. The van der Waals surface area contributed by atoms with Crippen LogP contribution in [0.4, 0.5) is 30.7 Å². The molecule has 0 unspecified atom stereocenters. The molecule has 0 aromatic carbocycles. The highest BCUT2D eigenvalue weighted by Crippen LogP contribution is 2.24. The van der Waals surface area contributed by atoms with Crippen LogP contribution in [0.25, 0.3) is 0 Å². The second-order valence-corrected chi connectivity index (χ2v) is 5.43. The molecule has 0 aliphatic carbocycles. The van der Waals surface area contributed by atoms with Crippen molar-refractivity contribution in [3.8, 4) is 0 Å². The molecule has 0 amide bonds. The molecule has 0 saturated carbocycles. The molecule has 0 N–H and O–H groups in total. The van der Waals surface area contributed by atoms with E-state index in [0.29, 0.717) is 5.57 Å². The maximum atomic E-state index is 11.6. The third kappa shape index (κ3) is 29.7. The molecule has 0 aromatic heterocycles. The molecular formula is C22H27F7O10. The van der Waals surface area contributed by atoms with E-state index in [9.17, 15) is 54.7 Å². The van der Waals surface area contributed by atoms with Crippen molar-refractivity contribution in [3.05, 3.63) is 61.3 Å². The van der Waals surface area contributed by atoms with E-state index in [2.05, 4.69) is 50.0 Å². The monoisotopic (exact) mass is 584 g/mol. The molecule has 0 bridgehead atoms. The summed E-state index contributed by atoms with van der Waals surface area (Å²) >= 11 is 0. The van der Waals surface area contributed by atoms with Gasteiger partial charge in [-0.25, -0.2) is 24.0 Å². The fourth-order valence-corrected chi connectivity index (χ4v) is 0.774. The van der Waals surface area contributed by atoms with Gasteiger partial charge in [0.15, 0.2) is 0 Å². The van der Waals surface area contributed by atoms with Gasteiger partial charge in [0.25, 0.3) is 5.83 Å². The highest BCUT2D eigenvalue weighted by molar-refractivity contribution is 5.89. The van der Waals surface area contributed by atoms with Crippen molar-refractivity contribution in [1.29, 1.82) is 0 Å². The molecule has 39 heavy (non-hydrogen) atoms. The zero-order valence-corrected chi connectivity index (χ0v) is 21.6. The number of alkyl halides is 3. The van der Waals surface area contributed by atoms with Crippen LogP contribution < -0.4 is 0 Å². The summed E-state index contributed by atoms with van der Waals surface area (Å²) in [5.74, 6) is -8.07. The van der Waals surface area contributed by atoms with Gasteiger partial charge in [-0.15, -0.1) is 0 Å². The summed E-state index contributed by atoms with van der Waals surface area (Å²) in [7, 11) is 5.40. The Morgan fingerprint density at radius 3 is 1.05 bits per heavy atom. The fourth-order valence-electron chi connectivity index (χ4n) is 0.774. The lowest BCUT2D eigenvalue weighted by atomic mass is 10.3. The van der Waals surface area contributed by atoms with E-state index in [0.717, 1.165) is 27.4 Å². The van der Waals surface area contributed by atoms with Gasteiger partial charge in [-0.05, 0) is 6.92 Å². The summed E-state index contributed by atoms with van der Waals surface area (Å²) < 4.78 is 99.3. The first-order valence-electron chi connectivity index (χ1n) is 9.16. The lowest BCUT2D eigenvalue weighted by Gasteiger charge is -2.05. The SMILES string of the molecule is C=C(C(=O)OC)C(F)(F)F.C=C(C)C(=O)OC.C=C(F)C(=O)OC.C=CC(=O)OC.COC(=O)C(F)=C(F)F. The second kappa shape index (κ2) is 25.2. The molecular weight excluding hydrogens is 557 g/mol. The Balaban J connectivity index is -0.000000125. The number of hydrogen-bond acceptors (Lipinski definition) is 10. The maximum absolute atomic E-state index is 11.6. The van der Waals surface area contributed by atoms with Crippen LogP contribution in [0.1, 0.15) is 6.92 Å². The van der Waals surface area contributed by atoms with Crippen molar-refractivity contribution in [2.75, 3.05) is 35.5 Å². The first-order chi connectivity index (χ1) is 17.7. The number of carbonyl (C=O) groups is 5. The van der Waals surface area contributed by atoms with E-state index in [1.165, 1.54) is 14.2 Å². The first-order valence-corrected chi connectivity index (χ1v) is 9.16. The number of ether oxygens (including phenoxy) is 5. The van der Waals surface area contributed by atoms with Crippen molar-refractivity contribution in [1.82, 2.24) is 0 Å². The van der Waals surface area contributed by atoms with Gasteiger partial charge < -0.3 is 23.7 Å². The summed E-state index contributed by atoms with van der Waals surface area (Å²) in [5, 5.41) is 0. The molecule has 0 saturated heterocycles. The zero-order chi connectivity index (χ0) is 32.5. The number of esters is 5. The molecule has 0 rings (SSSR count). The lowest BCUT2D eigenvalue weighted by molar-refractivity contribution is -0.148. The first kappa shape index (κ1) is 44.5. The third-order valence-corrected chi connectivity index (χ3v) is 2.61. The summed E-state index contributed by atoms with van der Waals surface area (Å²) in [6, 6.07) is 0. The molecule has 0 aromatic rings. The Labute approximate surface area is 219 Å². The van der Waals surface area contributed by atoms with Gasteiger partial charge in [-0.1, -0.05) is 26.3 Å². The van der Waals surface area contributed by atoms with E-state index in [4.69, 9.17) is 0 Å². The van der Waals surface area contributed by atoms with Crippen LogP contribution in [0, 0.1) is 0 Å². The van der Waals surface area contributed by atoms with Crippen molar-refractivity contribution in [3.63, 3.8) is 0 Å². The van der Waals surface area contributed by atoms with Gasteiger partial charge in [0.1, 0.15) is 5.57 Å². The second-order valence-electron chi connectivity index (χ2n) is 5.43. The van der Waals surface area contributed by atoms with Gasteiger partial charge in [0.05, 0.1) is 35.5 Å². The maximum Gasteiger partial charge on any atom is 0.422 e. The predicted molar refractivity (Wildman–Crippen MR) is 121 cm³/mol. The average Bonchev–Trinajstić information content (AvgIpc) is 2.90. The van der Waals surface area contributed by atoms with Crippen LogP contribution in [-0.4, -0.2) is 71.6 Å². The number of carbonyl (C=O) groups excluding carboxylic acids is 5. The van der Waals surface area contributed by atoms with Crippen LogP contribution in [0.3, 0.4) is 0 Å². The Morgan fingerprint density at radius 2 is 1.00 bits per heavy atom. The Morgan fingerprint density at radius 1 is 0.641 bits per heavy atom. The lowest BCUT2D eigenvalue weighted by Crippen LogP contribution is -2.19. The minimum atomic E-state index is -4.69. The van der Waals surface area contributed by atoms with Gasteiger partial charge >= 0.3 is 42.1 Å². The molecule has 224 valence electrons. The molecule has 0 spiro atoms. The van der Waals surface area contributed by atoms with Crippen LogP contribution in [0.15, 0.2) is 61.3 Å². The molecule has 0 fully saturated rings. The Kier molecular flexibility index (Phi) is 28.8. The van der Waals surface area contributed by atoms with E-state index < -0.39 is 53.4 Å². The quantitative estimate of drug-likeness (QED) is 0.200. The Hall–Kier alpha value is -4.44. The largest absolute Gasteiger partial charge is 0.466 e. The highest BCUT2D eigenvalue weighted by Gasteiger charge is 2.37. The van der Waals surface area contributed by atoms with Crippen molar-refractivity contribution < 1.29 is 78.4 Å².